The van der Waals surface area contributed by atoms with Gasteiger partial charge in [-0.25, -0.2) is 0 Å². The molecule has 0 atom stereocenters. The average Bonchev–Trinajstić information content (AvgIpc) is 2.38. The third-order valence-corrected chi connectivity index (χ3v) is 3.49. The molecular formula is C14H19NOS. The maximum Gasteiger partial charge on any atom is 0.103 e. The lowest BCUT2D eigenvalue weighted by Crippen LogP contribution is -2.16. The monoisotopic (exact) mass is 249 g/mol. The van der Waals surface area contributed by atoms with Crippen molar-refractivity contribution in [2.24, 2.45) is 5.73 Å². The van der Waals surface area contributed by atoms with E-state index in [9.17, 15) is 0 Å². The maximum atomic E-state index is 5.92. The number of thiocarbonyl (C=S) groups is 1. The first-order chi connectivity index (χ1) is 8.25. The Morgan fingerprint density at radius 3 is 2.76 bits per heavy atom. The van der Waals surface area contributed by atoms with Gasteiger partial charge >= 0.3 is 0 Å². The van der Waals surface area contributed by atoms with Crippen LogP contribution in [0.5, 0.6) is 0 Å². The molecule has 1 aliphatic rings. The van der Waals surface area contributed by atoms with Crippen molar-refractivity contribution in [1.82, 2.24) is 0 Å². The summed E-state index contributed by atoms with van der Waals surface area (Å²) in [5, 5.41) is 0. The summed E-state index contributed by atoms with van der Waals surface area (Å²) in [5.74, 6) is 0. The van der Waals surface area contributed by atoms with Crippen LogP contribution in [0.15, 0.2) is 24.3 Å². The standard InChI is InChI=1S/C14H19NOS/c15-14(17)12-6-4-5-11(9-12)10-16-13-7-2-1-3-8-13/h4-6,9,13H,1-3,7-8,10H2,(H2,15,17). The van der Waals surface area contributed by atoms with Gasteiger partial charge in [0.1, 0.15) is 4.99 Å². The molecule has 92 valence electrons. The lowest BCUT2D eigenvalue weighted by molar-refractivity contribution is 0.0169. The van der Waals surface area contributed by atoms with Gasteiger partial charge in [0, 0.05) is 5.56 Å². The van der Waals surface area contributed by atoms with Gasteiger partial charge in [-0.2, -0.15) is 0 Å². The third-order valence-electron chi connectivity index (χ3n) is 3.25. The minimum absolute atomic E-state index is 0.442. The Hall–Kier alpha value is -0.930. The van der Waals surface area contributed by atoms with Gasteiger partial charge in [0.2, 0.25) is 0 Å². The molecule has 1 fully saturated rings. The van der Waals surface area contributed by atoms with Crippen LogP contribution in [0.3, 0.4) is 0 Å². The van der Waals surface area contributed by atoms with Crippen molar-refractivity contribution < 1.29 is 4.74 Å². The zero-order valence-corrected chi connectivity index (χ0v) is 10.8. The Labute approximate surface area is 108 Å². The Balaban J connectivity index is 1.89. The van der Waals surface area contributed by atoms with Crippen LogP contribution in [0.25, 0.3) is 0 Å². The van der Waals surface area contributed by atoms with Gasteiger partial charge < -0.3 is 10.5 Å². The molecule has 0 aromatic heterocycles. The number of hydrogen-bond acceptors (Lipinski definition) is 2. The average molecular weight is 249 g/mol. The topological polar surface area (TPSA) is 35.2 Å². The van der Waals surface area contributed by atoms with E-state index in [1.54, 1.807) is 0 Å². The molecule has 0 radical (unpaired) electrons. The highest BCUT2D eigenvalue weighted by Crippen LogP contribution is 2.21. The molecule has 17 heavy (non-hydrogen) atoms. The van der Waals surface area contributed by atoms with E-state index in [0.29, 0.717) is 17.7 Å². The lowest BCUT2D eigenvalue weighted by atomic mass is 9.98. The minimum atomic E-state index is 0.442. The molecule has 0 amide bonds. The zero-order chi connectivity index (χ0) is 12.1. The van der Waals surface area contributed by atoms with E-state index in [-0.39, 0.29) is 0 Å². The SMILES string of the molecule is NC(=S)c1cccc(COC2CCCCC2)c1. The van der Waals surface area contributed by atoms with Crippen LogP contribution in [0.4, 0.5) is 0 Å². The quantitative estimate of drug-likeness (QED) is 0.832. The van der Waals surface area contributed by atoms with Crippen LogP contribution in [-0.4, -0.2) is 11.1 Å². The van der Waals surface area contributed by atoms with Crippen molar-refractivity contribution in [3.63, 3.8) is 0 Å². The van der Waals surface area contributed by atoms with Crippen molar-refractivity contribution >= 4 is 17.2 Å². The third kappa shape index (κ3) is 3.79. The van der Waals surface area contributed by atoms with Crippen molar-refractivity contribution in [2.45, 2.75) is 44.8 Å². The van der Waals surface area contributed by atoms with Gasteiger partial charge in [0.25, 0.3) is 0 Å². The Kier molecular flexibility index (Phi) is 4.51. The second-order valence-electron chi connectivity index (χ2n) is 4.64. The number of hydrogen-bond donors (Lipinski definition) is 1. The van der Waals surface area contributed by atoms with Gasteiger partial charge in [-0.1, -0.05) is 49.7 Å². The lowest BCUT2D eigenvalue weighted by Gasteiger charge is -2.22. The van der Waals surface area contributed by atoms with Gasteiger partial charge in [-0.15, -0.1) is 0 Å². The number of nitrogens with two attached hydrogens (primary N) is 1. The van der Waals surface area contributed by atoms with Crippen LogP contribution in [0, 0.1) is 0 Å². The Bertz CT molecular complexity index is 386. The smallest absolute Gasteiger partial charge is 0.103 e. The van der Waals surface area contributed by atoms with E-state index >= 15 is 0 Å². The van der Waals surface area contributed by atoms with Crippen molar-refractivity contribution in [2.75, 3.05) is 0 Å². The molecule has 0 heterocycles. The number of benzene rings is 1. The van der Waals surface area contributed by atoms with E-state index in [1.807, 2.05) is 18.2 Å². The summed E-state index contributed by atoms with van der Waals surface area (Å²) in [6.07, 6.45) is 6.81. The molecule has 0 unspecified atom stereocenters. The fraction of sp³-hybridized carbons (Fsp3) is 0.500. The molecule has 0 aliphatic heterocycles. The molecule has 2 nitrogen and oxygen atoms in total. The summed E-state index contributed by atoms with van der Waals surface area (Å²) in [5.41, 5.74) is 7.69. The number of rotatable bonds is 4. The predicted octanol–water partition coefficient (Wildman–Crippen LogP) is 3.17. The fourth-order valence-corrected chi connectivity index (χ4v) is 2.39. The van der Waals surface area contributed by atoms with Crippen LogP contribution in [0.2, 0.25) is 0 Å². The largest absolute Gasteiger partial charge is 0.389 e. The summed E-state index contributed by atoms with van der Waals surface area (Å²) < 4.78 is 5.92. The van der Waals surface area contributed by atoms with Gasteiger partial charge in [-0.05, 0) is 24.5 Å². The molecule has 1 aliphatic carbocycles. The van der Waals surface area contributed by atoms with Crippen LogP contribution in [0.1, 0.15) is 43.2 Å². The Morgan fingerprint density at radius 2 is 2.06 bits per heavy atom. The maximum absolute atomic E-state index is 5.92. The molecule has 2 rings (SSSR count). The molecule has 1 aromatic carbocycles. The van der Waals surface area contributed by atoms with Crippen molar-refractivity contribution in [3.05, 3.63) is 35.4 Å². The van der Waals surface area contributed by atoms with Gasteiger partial charge in [0.15, 0.2) is 0 Å². The second kappa shape index (κ2) is 6.12. The molecule has 0 bridgehead atoms. The van der Waals surface area contributed by atoms with Gasteiger partial charge in [0.05, 0.1) is 12.7 Å². The summed E-state index contributed by atoms with van der Waals surface area (Å²) in [7, 11) is 0. The van der Waals surface area contributed by atoms with Gasteiger partial charge in [-0.3, -0.25) is 0 Å². The highest BCUT2D eigenvalue weighted by Gasteiger charge is 2.13. The molecule has 0 saturated heterocycles. The minimum Gasteiger partial charge on any atom is -0.389 e. The molecule has 2 N–H and O–H groups in total. The molecule has 1 saturated carbocycles. The van der Waals surface area contributed by atoms with E-state index in [0.717, 1.165) is 11.1 Å². The van der Waals surface area contributed by atoms with Crippen molar-refractivity contribution in [3.8, 4) is 0 Å². The highest BCUT2D eigenvalue weighted by molar-refractivity contribution is 7.80. The van der Waals surface area contributed by atoms with Crippen LogP contribution >= 0.6 is 12.2 Å². The normalized spacial score (nSPS) is 16.9. The summed E-state index contributed by atoms with van der Waals surface area (Å²) in [6, 6.07) is 8.00. The molecule has 0 spiro atoms. The van der Waals surface area contributed by atoms with E-state index in [4.69, 9.17) is 22.7 Å². The van der Waals surface area contributed by atoms with Crippen LogP contribution in [-0.2, 0) is 11.3 Å². The first-order valence-electron chi connectivity index (χ1n) is 6.26. The first-order valence-corrected chi connectivity index (χ1v) is 6.67. The first kappa shape index (κ1) is 12.5. The molecule has 3 heteroatoms. The summed E-state index contributed by atoms with van der Waals surface area (Å²) >= 11 is 4.97. The summed E-state index contributed by atoms with van der Waals surface area (Å²) in [6.45, 7) is 0.668. The van der Waals surface area contributed by atoms with E-state index in [2.05, 4.69) is 6.07 Å². The zero-order valence-electron chi connectivity index (χ0n) is 10.0. The number of ether oxygens (including phenoxy) is 1. The second-order valence-corrected chi connectivity index (χ2v) is 5.08. The fourth-order valence-electron chi connectivity index (χ4n) is 2.26. The predicted molar refractivity (Wildman–Crippen MR) is 74.0 cm³/mol. The Morgan fingerprint density at radius 1 is 1.29 bits per heavy atom. The van der Waals surface area contributed by atoms with E-state index in [1.165, 1.54) is 32.1 Å². The molecular weight excluding hydrogens is 230 g/mol. The van der Waals surface area contributed by atoms with E-state index < -0.39 is 0 Å². The molecule has 1 aromatic rings. The van der Waals surface area contributed by atoms with Crippen molar-refractivity contribution in [1.29, 1.82) is 0 Å². The van der Waals surface area contributed by atoms with Crippen LogP contribution < -0.4 is 5.73 Å². The highest BCUT2D eigenvalue weighted by atomic mass is 32.1. The summed E-state index contributed by atoms with van der Waals surface area (Å²) in [4.78, 5) is 0.449.